The first-order chi connectivity index (χ1) is 12.6. The second-order valence-electron chi connectivity index (χ2n) is 5.78. The molecule has 0 saturated carbocycles. The number of benzene rings is 2. The number of halogens is 1. The van der Waals surface area contributed by atoms with E-state index in [2.05, 4.69) is 27.9 Å². The van der Waals surface area contributed by atoms with Gasteiger partial charge in [-0.3, -0.25) is 4.79 Å². The Morgan fingerprint density at radius 3 is 2.77 bits per heavy atom. The number of fused-ring (bicyclic) bond motifs is 1. The first kappa shape index (κ1) is 18.7. The van der Waals surface area contributed by atoms with E-state index in [4.69, 9.17) is 9.47 Å². The standard InChI is InChI=1S/C20H21IN2O3/c1-3-26-13-23-18-7-5-4-6-14(18)11-19(23)20(24)22-12-15-10-16(25-2)8-9-17(15)21/h4-11H,3,12-13H2,1-2H3,(H,22,24). The highest BCUT2D eigenvalue weighted by molar-refractivity contribution is 14.1. The largest absolute Gasteiger partial charge is 0.497 e. The number of ether oxygens (including phenoxy) is 2. The highest BCUT2D eigenvalue weighted by atomic mass is 127. The van der Waals surface area contributed by atoms with Crippen LogP contribution in [-0.4, -0.2) is 24.2 Å². The molecular weight excluding hydrogens is 443 g/mol. The van der Waals surface area contributed by atoms with Crippen molar-refractivity contribution in [2.75, 3.05) is 13.7 Å². The number of nitrogens with zero attached hydrogens (tertiary/aromatic N) is 1. The molecule has 0 spiro atoms. The lowest BCUT2D eigenvalue weighted by Crippen LogP contribution is -2.26. The predicted octanol–water partition coefficient (Wildman–Crippen LogP) is 4.18. The van der Waals surface area contributed by atoms with Gasteiger partial charge in [-0.1, -0.05) is 18.2 Å². The Hall–Kier alpha value is -2.06. The van der Waals surface area contributed by atoms with Crippen molar-refractivity contribution >= 4 is 39.4 Å². The fraction of sp³-hybridized carbons (Fsp3) is 0.250. The van der Waals surface area contributed by atoms with E-state index in [0.29, 0.717) is 25.6 Å². The molecule has 0 radical (unpaired) electrons. The van der Waals surface area contributed by atoms with E-state index in [1.54, 1.807) is 7.11 Å². The molecule has 1 heterocycles. The number of methoxy groups -OCH3 is 1. The Morgan fingerprint density at radius 2 is 2.00 bits per heavy atom. The van der Waals surface area contributed by atoms with Crippen molar-refractivity contribution in [1.82, 2.24) is 9.88 Å². The number of aromatic nitrogens is 1. The topological polar surface area (TPSA) is 52.5 Å². The maximum atomic E-state index is 12.8. The summed E-state index contributed by atoms with van der Waals surface area (Å²) in [5.74, 6) is 0.652. The molecule has 1 N–H and O–H groups in total. The van der Waals surface area contributed by atoms with Crippen molar-refractivity contribution in [2.24, 2.45) is 0 Å². The maximum absolute atomic E-state index is 12.8. The summed E-state index contributed by atoms with van der Waals surface area (Å²) in [5.41, 5.74) is 2.60. The Morgan fingerprint density at radius 1 is 1.19 bits per heavy atom. The van der Waals surface area contributed by atoms with Crippen LogP contribution >= 0.6 is 22.6 Å². The Kier molecular flexibility index (Phi) is 6.16. The number of amides is 1. The van der Waals surface area contributed by atoms with E-state index in [9.17, 15) is 4.79 Å². The summed E-state index contributed by atoms with van der Waals surface area (Å²) in [6.07, 6.45) is 0. The average Bonchev–Trinajstić information content (AvgIpc) is 3.04. The van der Waals surface area contributed by atoms with Crippen LogP contribution in [0.2, 0.25) is 0 Å². The van der Waals surface area contributed by atoms with E-state index in [0.717, 1.165) is 25.8 Å². The maximum Gasteiger partial charge on any atom is 0.268 e. The van der Waals surface area contributed by atoms with Gasteiger partial charge in [-0.05, 0) is 65.4 Å². The number of hydrogen-bond acceptors (Lipinski definition) is 3. The molecule has 2 aromatic carbocycles. The molecule has 0 saturated heterocycles. The molecule has 0 aliphatic heterocycles. The van der Waals surface area contributed by atoms with Gasteiger partial charge in [0.1, 0.15) is 18.2 Å². The van der Waals surface area contributed by atoms with Crippen molar-refractivity contribution in [3.63, 3.8) is 0 Å². The molecule has 0 aliphatic rings. The minimum absolute atomic E-state index is 0.125. The molecule has 136 valence electrons. The van der Waals surface area contributed by atoms with E-state index < -0.39 is 0 Å². The van der Waals surface area contributed by atoms with Crippen molar-refractivity contribution < 1.29 is 14.3 Å². The van der Waals surface area contributed by atoms with Gasteiger partial charge in [0.05, 0.1) is 12.6 Å². The number of hydrogen-bond donors (Lipinski definition) is 1. The van der Waals surface area contributed by atoms with Gasteiger partial charge in [-0.25, -0.2) is 0 Å². The van der Waals surface area contributed by atoms with Gasteiger partial charge in [-0.15, -0.1) is 0 Å². The number of carbonyl (C=O) groups is 1. The summed E-state index contributed by atoms with van der Waals surface area (Å²) in [4.78, 5) is 12.8. The van der Waals surface area contributed by atoms with Gasteiger partial charge in [0.2, 0.25) is 0 Å². The molecule has 0 aliphatic carbocycles. The average molecular weight is 464 g/mol. The molecule has 1 aromatic heterocycles. The summed E-state index contributed by atoms with van der Waals surface area (Å²) in [6, 6.07) is 15.7. The van der Waals surface area contributed by atoms with Crippen LogP contribution in [0.15, 0.2) is 48.5 Å². The van der Waals surface area contributed by atoms with Gasteiger partial charge in [0.25, 0.3) is 5.91 Å². The van der Waals surface area contributed by atoms with Crippen molar-refractivity contribution in [3.05, 3.63) is 63.4 Å². The van der Waals surface area contributed by atoms with E-state index in [1.165, 1.54) is 0 Å². The molecular formula is C20H21IN2O3. The molecule has 0 bridgehead atoms. The molecule has 0 unspecified atom stereocenters. The normalized spacial score (nSPS) is 10.9. The zero-order valence-electron chi connectivity index (χ0n) is 14.8. The van der Waals surface area contributed by atoms with Crippen LogP contribution in [0.1, 0.15) is 23.0 Å². The van der Waals surface area contributed by atoms with Crippen LogP contribution in [0.4, 0.5) is 0 Å². The number of carbonyl (C=O) groups excluding carboxylic acids is 1. The summed E-state index contributed by atoms with van der Waals surface area (Å²) in [5, 5.41) is 4.03. The first-order valence-electron chi connectivity index (χ1n) is 8.40. The summed E-state index contributed by atoms with van der Waals surface area (Å²) >= 11 is 2.26. The minimum atomic E-state index is -0.125. The van der Waals surface area contributed by atoms with Gasteiger partial charge in [-0.2, -0.15) is 0 Å². The quantitative estimate of drug-likeness (QED) is 0.534. The Bertz CT molecular complexity index is 921. The fourth-order valence-electron chi connectivity index (χ4n) is 2.80. The highest BCUT2D eigenvalue weighted by Crippen LogP contribution is 2.21. The second kappa shape index (κ2) is 8.55. The molecule has 5 nitrogen and oxygen atoms in total. The lowest BCUT2D eigenvalue weighted by atomic mass is 10.2. The van der Waals surface area contributed by atoms with Crippen LogP contribution in [0.3, 0.4) is 0 Å². The molecule has 3 aromatic rings. The zero-order valence-corrected chi connectivity index (χ0v) is 16.9. The van der Waals surface area contributed by atoms with Crippen molar-refractivity contribution in [3.8, 4) is 5.75 Å². The molecule has 1 amide bonds. The van der Waals surface area contributed by atoms with Crippen LogP contribution in [-0.2, 0) is 18.0 Å². The van der Waals surface area contributed by atoms with Gasteiger partial charge in [0, 0.05) is 22.1 Å². The van der Waals surface area contributed by atoms with Crippen LogP contribution in [0.5, 0.6) is 5.75 Å². The second-order valence-corrected chi connectivity index (χ2v) is 6.94. The third-order valence-corrected chi connectivity index (χ3v) is 5.21. The predicted molar refractivity (Wildman–Crippen MR) is 110 cm³/mol. The third kappa shape index (κ3) is 4.02. The zero-order chi connectivity index (χ0) is 18.5. The smallest absolute Gasteiger partial charge is 0.268 e. The van der Waals surface area contributed by atoms with Crippen molar-refractivity contribution in [2.45, 2.75) is 20.2 Å². The molecule has 3 rings (SSSR count). The van der Waals surface area contributed by atoms with Gasteiger partial charge < -0.3 is 19.4 Å². The van der Waals surface area contributed by atoms with Gasteiger partial charge >= 0.3 is 0 Å². The van der Waals surface area contributed by atoms with Crippen LogP contribution < -0.4 is 10.1 Å². The van der Waals surface area contributed by atoms with E-state index in [-0.39, 0.29) is 5.91 Å². The van der Waals surface area contributed by atoms with E-state index in [1.807, 2.05) is 60.0 Å². The van der Waals surface area contributed by atoms with Crippen molar-refractivity contribution in [1.29, 1.82) is 0 Å². The monoisotopic (exact) mass is 464 g/mol. The Balaban J connectivity index is 1.83. The lowest BCUT2D eigenvalue weighted by molar-refractivity contribution is 0.0814. The third-order valence-electron chi connectivity index (χ3n) is 4.16. The van der Waals surface area contributed by atoms with Gasteiger partial charge in [0.15, 0.2) is 0 Å². The SMILES string of the molecule is CCOCn1c(C(=O)NCc2cc(OC)ccc2I)cc2ccccc21. The summed E-state index contributed by atoms with van der Waals surface area (Å²) < 4.78 is 13.8. The van der Waals surface area contributed by atoms with Crippen LogP contribution in [0, 0.1) is 3.57 Å². The fourth-order valence-corrected chi connectivity index (χ4v) is 3.33. The lowest BCUT2D eigenvalue weighted by Gasteiger charge is -2.12. The summed E-state index contributed by atoms with van der Waals surface area (Å²) in [6.45, 7) is 3.32. The molecule has 26 heavy (non-hydrogen) atoms. The highest BCUT2D eigenvalue weighted by Gasteiger charge is 2.16. The number of para-hydroxylation sites is 1. The summed E-state index contributed by atoms with van der Waals surface area (Å²) in [7, 11) is 1.64. The van der Waals surface area contributed by atoms with E-state index >= 15 is 0 Å². The van der Waals surface area contributed by atoms with Crippen LogP contribution in [0.25, 0.3) is 10.9 Å². The molecule has 6 heteroatoms. The first-order valence-corrected chi connectivity index (χ1v) is 9.48. The molecule has 0 fully saturated rings. The number of nitrogens with one attached hydrogen (secondary N) is 1. The molecule has 0 atom stereocenters. The Labute approximate surface area is 166 Å². The number of rotatable bonds is 7. The minimum Gasteiger partial charge on any atom is -0.497 e.